The Morgan fingerprint density at radius 2 is 2.12 bits per heavy atom. The molecule has 2 N–H and O–H groups in total. The maximum Gasteiger partial charge on any atom is 0.0613 e. The Balaban J connectivity index is 1.91. The van der Waals surface area contributed by atoms with Gasteiger partial charge in [-0.3, -0.25) is 0 Å². The summed E-state index contributed by atoms with van der Waals surface area (Å²) in [6.07, 6.45) is 6.00. The Bertz CT molecular complexity index is 334. The second-order valence-corrected chi connectivity index (χ2v) is 6.50. The third-order valence-electron chi connectivity index (χ3n) is 3.37. The fourth-order valence-corrected chi connectivity index (χ4v) is 3.73. The Morgan fingerprint density at radius 1 is 1.38 bits per heavy atom. The van der Waals surface area contributed by atoms with E-state index in [9.17, 15) is 5.11 Å². The van der Waals surface area contributed by atoms with Gasteiger partial charge < -0.3 is 10.4 Å². The average molecular weight is 304 g/mol. The van der Waals surface area contributed by atoms with Crippen molar-refractivity contribution >= 4 is 27.3 Å². The normalized spacial score (nSPS) is 19.9. The lowest BCUT2D eigenvalue weighted by molar-refractivity contribution is 0.120. The molecule has 90 valence electrons. The molecule has 1 aromatic rings. The number of nitrogens with one attached hydrogen (secondary N) is 1. The van der Waals surface area contributed by atoms with Gasteiger partial charge in [0.25, 0.3) is 0 Å². The number of aliphatic hydroxyl groups is 1. The summed E-state index contributed by atoms with van der Waals surface area (Å²) in [5, 5.41) is 15.2. The lowest BCUT2D eigenvalue weighted by atomic mass is 9.82. The Morgan fingerprint density at radius 3 is 2.69 bits per heavy atom. The van der Waals surface area contributed by atoms with Gasteiger partial charge in [-0.05, 0) is 34.8 Å². The van der Waals surface area contributed by atoms with Gasteiger partial charge in [0.1, 0.15) is 0 Å². The minimum absolute atomic E-state index is 0.0191. The van der Waals surface area contributed by atoms with Crippen molar-refractivity contribution < 1.29 is 5.11 Å². The van der Waals surface area contributed by atoms with Crippen molar-refractivity contribution in [2.45, 2.75) is 44.2 Å². The van der Waals surface area contributed by atoms with E-state index in [0.717, 1.165) is 23.9 Å². The zero-order valence-electron chi connectivity index (χ0n) is 9.34. The number of hydrogen-bond donors (Lipinski definition) is 2. The number of hydrogen-bond acceptors (Lipinski definition) is 3. The molecular weight excluding hydrogens is 286 g/mol. The summed E-state index contributed by atoms with van der Waals surface area (Å²) in [5.74, 6) is 0. The van der Waals surface area contributed by atoms with Crippen LogP contribution in [0.2, 0.25) is 0 Å². The van der Waals surface area contributed by atoms with Gasteiger partial charge in [-0.2, -0.15) is 0 Å². The Kier molecular flexibility index (Phi) is 4.41. The molecule has 16 heavy (non-hydrogen) atoms. The van der Waals surface area contributed by atoms with Crippen molar-refractivity contribution in [3.05, 3.63) is 20.8 Å². The standard InChI is InChI=1S/C12H18BrNOS/c13-10-6-11(16-8-10)7-14-12(9-15)4-2-1-3-5-12/h6,8,14-15H,1-5,7,9H2. The van der Waals surface area contributed by atoms with Crippen molar-refractivity contribution in [2.75, 3.05) is 6.61 Å². The molecule has 0 bridgehead atoms. The van der Waals surface area contributed by atoms with Gasteiger partial charge in [0.15, 0.2) is 0 Å². The van der Waals surface area contributed by atoms with Crippen LogP contribution in [0.15, 0.2) is 15.9 Å². The molecule has 0 spiro atoms. The minimum atomic E-state index is -0.0191. The lowest BCUT2D eigenvalue weighted by Crippen LogP contribution is -2.49. The quantitative estimate of drug-likeness (QED) is 0.894. The van der Waals surface area contributed by atoms with Gasteiger partial charge >= 0.3 is 0 Å². The molecule has 1 heterocycles. The SMILES string of the molecule is OCC1(NCc2cc(Br)cs2)CCCCC1. The second-order valence-electron chi connectivity index (χ2n) is 4.58. The minimum Gasteiger partial charge on any atom is -0.394 e. The van der Waals surface area contributed by atoms with Gasteiger partial charge in [0.2, 0.25) is 0 Å². The van der Waals surface area contributed by atoms with Crippen molar-refractivity contribution in [1.29, 1.82) is 0 Å². The van der Waals surface area contributed by atoms with E-state index < -0.39 is 0 Å². The molecule has 1 aliphatic rings. The fraction of sp³-hybridized carbons (Fsp3) is 0.667. The maximum atomic E-state index is 9.56. The topological polar surface area (TPSA) is 32.3 Å². The van der Waals surface area contributed by atoms with Gasteiger partial charge in [-0.1, -0.05) is 19.3 Å². The molecule has 0 aliphatic heterocycles. The van der Waals surface area contributed by atoms with E-state index in [1.807, 2.05) is 0 Å². The molecule has 0 unspecified atom stereocenters. The van der Waals surface area contributed by atoms with Gasteiger partial charge in [-0.15, -0.1) is 11.3 Å². The van der Waals surface area contributed by atoms with Crippen LogP contribution >= 0.6 is 27.3 Å². The first kappa shape index (κ1) is 12.6. The van der Waals surface area contributed by atoms with E-state index in [4.69, 9.17) is 0 Å². The zero-order chi connectivity index (χ0) is 11.4. The van der Waals surface area contributed by atoms with Crippen LogP contribution in [-0.2, 0) is 6.54 Å². The molecule has 1 aliphatic carbocycles. The maximum absolute atomic E-state index is 9.56. The van der Waals surface area contributed by atoms with E-state index in [1.165, 1.54) is 24.1 Å². The molecule has 2 nitrogen and oxygen atoms in total. The smallest absolute Gasteiger partial charge is 0.0613 e. The number of halogens is 1. The van der Waals surface area contributed by atoms with Crippen LogP contribution in [0, 0.1) is 0 Å². The van der Waals surface area contributed by atoms with Crippen molar-refractivity contribution in [3.8, 4) is 0 Å². The van der Waals surface area contributed by atoms with Crippen LogP contribution in [0.3, 0.4) is 0 Å². The molecular formula is C12H18BrNOS. The molecule has 0 saturated heterocycles. The summed E-state index contributed by atoms with van der Waals surface area (Å²) < 4.78 is 1.15. The highest BCUT2D eigenvalue weighted by molar-refractivity contribution is 9.10. The predicted octanol–water partition coefficient (Wildman–Crippen LogP) is 3.30. The molecule has 4 heteroatoms. The highest BCUT2D eigenvalue weighted by Gasteiger charge is 2.30. The second kappa shape index (κ2) is 5.63. The van der Waals surface area contributed by atoms with Gasteiger partial charge in [-0.25, -0.2) is 0 Å². The van der Waals surface area contributed by atoms with E-state index in [1.54, 1.807) is 11.3 Å². The lowest BCUT2D eigenvalue weighted by Gasteiger charge is -2.36. The molecule has 1 fully saturated rings. The highest BCUT2D eigenvalue weighted by Crippen LogP contribution is 2.29. The number of thiophene rings is 1. The molecule has 0 atom stereocenters. The van der Waals surface area contributed by atoms with E-state index in [0.29, 0.717) is 0 Å². The summed E-state index contributed by atoms with van der Waals surface area (Å²) in [4.78, 5) is 1.32. The molecule has 1 aromatic heterocycles. The molecule has 2 rings (SSSR count). The van der Waals surface area contributed by atoms with Crippen molar-refractivity contribution in [3.63, 3.8) is 0 Å². The Hall–Kier alpha value is 0.1000. The Labute approximate surface area is 109 Å². The van der Waals surface area contributed by atoms with Gasteiger partial charge in [0.05, 0.1) is 6.61 Å². The first-order valence-electron chi connectivity index (χ1n) is 5.83. The van der Waals surface area contributed by atoms with Crippen LogP contribution < -0.4 is 5.32 Å². The first-order valence-corrected chi connectivity index (χ1v) is 7.50. The van der Waals surface area contributed by atoms with Crippen LogP contribution in [0.4, 0.5) is 0 Å². The summed E-state index contributed by atoms with van der Waals surface area (Å²) in [6.45, 7) is 1.14. The summed E-state index contributed by atoms with van der Waals surface area (Å²) in [6, 6.07) is 2.14. The number of aliphatic hydroxyl groups excluding tert-OH is 1. The monoisotopic (exact) mass is 303 g/mol. The van der Waals surface area contributed by atoms with Crippen LogP contribution in [-0.4, -0.2) is 17.3 Å². The number of rotatable bonds is 4. The van der Waals surface area contributed by atoms with E-state index >= 15 is 0 Å². The molecule has 0 aromatic carbocycles. The van der Waals surface area contributed by atoms with Crippen LogP contribution in [0.5, 0.6) is 0 Å². The summed E-state index contributed by atoms with van der Waals surface area (Å²) >= 11 is 5.22. The van der Waals surface area contributed by atoms with Gasteiger partial charge in [0, 0.05) is 26.8 Å². The predicted molar refractivity (Wildman–Crippen MR) is 71.8 cm³/mol. The third-order valence-corrected chi connectivity index (χ3v) is 5.07. The van der Waals surface area contributed by atoms with E-state index in [-0.39, 0.29) is 12.1 Å². The summed E-state index contributed by atoms with van der Waals surface area (Å²) in [5.41, 5.74) is -0.0191. The fourth-order valence-electron chi connectivity index (χ4n) is 2.34. The van der Waals surface area contributed by atoms with Crippen LogP contribution in [0.25, 0.3) is 0 Å². The van der Waals surface area contributed by atoms with Crippen molar-refractivity contribution in [1.82, 2.24) is 5.32 Å². The first-order chi connectivity index (χ1) is 7.74. The average Bonchev–Trinajstić information content (AvgIpc) is 2.74. The summed E-state index contributed by atoms with van der Waals surface area (Å²) in [7, 11) is 0. The highest BCUT2D eigenvalue weighted by atomic mass is 79.9. The third kappa shape index (κ3) is 3.06. The van der Waals surface area contributed by atoms with Crippen LogP contribution in [0.1, 0.15) is 37.0 Å². The van der Waals surface area contributed by atoms with Crippen molar-refractivity contribution in [2.24, 2.45) is 0 Å². The van der Waals surface area contributed by atoms with E-state index in [2.05, 4.69) is 32.7 Å². The molecule has 0 radical (unpaired) electrons. The molecule has 1 saturated carbocycles. The zero-order valence-corrected chi connectivity index (χ0v) is 11.7. The molecule has 0 amide bonds. The largest absolute Gasteiger partial charge is 0.394 e.